The molecule has 36 heavy (non-hydrogen) atoms. The van der Waals surface area contributed by atoms with Gasteiger partial charge < -0.3 is 24.9 Å². The first-order chi connectivity index (χ1) is 17.4. The average Bonchev–Trinajstić information content (AvgIpc) is 3.34. The summed E-state index contributed by atoms with van der Waals surface area (Å²) in [7, 11) is 0. The normalized spacial score (nSPS) is 19.7. The molecule has 0 bridgehead atoms. The van der Waals surface area contributed by atoms with E-state index in [9.17, 15) is 14.3 Å². The molecular formula is C25H23FN6O4. The maximum absolute atomic E-state index is 13.6. The maximum atomic E-state index is 13.6. The van der Waals surface area contributed by atoms with Crippen LogP contribution in [0.25, 0.3) is 22.6 Å². The summed E-state index contributed by atoms with van der Waals surface area (Å²) in [4.78, 5) is 32.6. The lowest BCUT2D eigenvalue weighted by molar-refractivity contribution is -0.236. The minimum atomic E-state index is -1.15. The minimum Gasteiger partial charge on any atom is -0.481 e. The summed E-state index contributed by atoms with van der Waals surface area (Å²) >= 11 is 0. The molecular weight excluding hydrogens is 467 g/mol. The number of halogens is 1. The molecule has 0 spiro atoms. The Morgan fingerprint density at radius 3 is 2.58 bits per heavy atom. The topological polar surface area (TPSA) is 135 Å². The Bertz CT molecular complexity index is 1350. The van der Waals surface area contributed by atoms with Crippen LogP contribution in [0.5, 0.6) is 0 Å². The number of H-pyrrole nitrogens is 1. The number of pyridine rings is 1. The molecule has 4 heterocycles. The summed E-state index contributed by atoms with van der Waals surface area (Å²) in [6.07, 6.45) is 2.43. The fourth-order valence-electron chi connectivity index (χ4n) is 3.65. The van der Waals surface area contributed by atoms with Crippen LogP contribution in [0.1, 0.15) is 24.7 Å². The van der Waals surface area contributed by atoms with Crippen LogP contribution in [-0.2, 0) is 20.8 Å². The number of carbonyl (C=O) groups is 1. The SMILES string of the molecule is CC1(C(=O)O)COC(c2nc(-c3ccc(F)cc3)c(-c3ccnc(NCc4ccccn4)n3)[nH]2)OC1. The molecule has 5 rings (SSSR count). The number of hydrogen-bond acceptors (Lipinski definition) is 8. The Hall–Kier alpha value is -4.22. The summed E-state index contributed by atoms with van der Waals surface area (Å²) in [6.45, 7) is 1.92. The number of carboxylic acids is 1. The van der Waals surface area contributed by atoms with Crippen molar-refractivity contribution in [2.75, 3.05) is 18.5 Å². The maximum Gasteiger partial charge on any atom is 0.314 e. The number of aromatic amines is 1. The number of imidazole rings is 1. The van der Waals surface area contributed by atoms with Crippen molar-refractivity contribution in [2.24, 2.45) is 5.41 Å². The number of anilines is 1. The van der Waals surface area contributed by atoms with E-state index in [4.69, 9.17) is 9.47 Å². The Morgan fingerprint density at radius 1 is 1.11 bits per heavy atom. The third-order valence-electron chi connectivity index (χ3n) is 5.75. The molecule has 0 aliphatic carbocycles. The fraction of sp³-hybridized carbons (Fsp3) is 0.240. The molecule has 1 aliphatic rings. The molecule has 3 aromatic heterocycles. The number of rotatable bonds is 7. The van der Waals surface area contributed by atoms with Gasteiger partial charge in [0.15, 0.2) is 5.82 Å². The van der Waals surface area contributed by atoms with E-state index in [-0.39, 0.29) is 19.0 Å². The standard InChI is InChI=1S/C25H23FN6O4/c1-25(23(33)34)13-35-22(36-14-25)21-31-19(15-5-7-16(26)8-6-15)20(32-21)18-9-11-28-24(30-18)29-12-17-4-2-3-10-27-17/h2-11,22H,12-14H2,1H3,(H,31,32)(H,33,34)(H,28,29,30). The number of nitrogens with one attached hydrogen (secondary N) is 2. The van der Waals surface area contributed by atoms with Crippen LogP contribution in [0.2, 0.25) is 0 Å². The molecule has 1 saturated heterocycles. The lowest BCUT2D eigenvalue weighted by Gasteiger charge is -2.33. The molecule has 3 N–H and O–H groups in total. The molecule has 1 aliphatic heterocycles. The summed E-state index contributed by atoms with van der Waals surface area (Å²) in [5.41, 5.74) is 1.95. The van der Waals surface area contributed by atoms with Gasteiger partial charge in [0.2, 0.25) is 12.2 Å². The number of hydrogen-bond donors (Lipinski definition) is 3. The third-order valence-corrected chi connectivity index (χ3v) is 5.75. The molecule has 0 amide bonds. The Morgan fingerprint density at radius 2 is 1.89 bits per heavy atom. The van der Waals surface area contributed by atoms with E-state index < -0.39 is 17.7 Å². The van der Waals surface area contributed by atoms with Crippen LogP contribution in [-0.4, -0.2) is 49.2 Å². The highest BCUT2D eigenvalue weighted by molar-refractivity contribution is 5.77. The van der Waals surface area contributed by atoms with E-state index in [0.717, 1.165) is 5.69 Å². The van der Waals surface area contributed by atoms with Gasteiger partial charge in [-0.3, -0.25) is 9.78 Å². The highest BCUT2D eigenvalue weighted by Gasteiger charge is 2.41. The number of aromatic nitrogens is 5. The van der Waals surface area contributed by atoms with E-state index in [1.54, 1.807) is 37.5 Å². The predicted molar refractivity (Wildman–Crippen MR) is 127 cm³/mol. The molecule has 184 valence electrons. The second kappa shape index (κ2) is 9.80. The Kier molecular flexibility index (Phi) is 6.40. The van der Waals surface area contributed by atoms with Gasteiger partial charge in [0.25, 0.3) is 0 Å². The lowest BCUT2D eigenvalue weighted by atomic mass is 9.92. The summed E-state index contributed by atoms with van der Waals surface area (Å²) in [5.74, 6) is -0.633. The monoisotopic (exact) mass is 490 g/mol. The second-order valence-electron chi connectivity index (χ2n) is 8.61. The number of benzene rings is 1. The number of aliphatic carboxylic acids is 1. The molecule has 10 nitrogen and oxygen atoms in total. The van der Waals surface area contributed by atoms with Crippen molar-refractivity contribution >= 4 is 11.9 Å². The van der Waals surface area contributed by atoms with Gasteiger partial charge in [-0.1, -0.05) is 6.07 Å². The summed E-state index contributed by atoms with van der Waals surface area (Å²) < 4.78 is 25.0. The number of ether oxygens (including phenoxy) is 2. The van der Waals surface area contributed by atoms with E-state index >= 15 is 0 Å². The molecule has 4 aromatic rings. The molecule has 11 heteroatoms. The van der Waals surface area contributed by atoms with Crippen molar-refractivity contribution in [1.82, 2.24) is 24.9 Å². The first kappa shape index (κ1) is 23.5. The van der Waals surface area contributed by atoms with Gasteiger partial charge in [-0.2, -0.15) is 0 Å². The van der Waals surface area contributed by atoms with Crippen molar-refractivity contribution in [3.8, 4) is 22.6 Å². The minimum absolute atomic E-state index is 0.0377. The molecule has 0 atom stereocenters. The van der Waals surface area contributed by atoms with Gasteiger partial charge in [-0.15, -0.1) is 0 Å². The zero-order valence-corrected chi connectivity index (χ0v) is 19.3. The van der Waals surface area contributed by atoms with Crippen LogP contribution >= 0.6 is 0 Å². The Labute approximate surface area is 205 Å². The van der Waals surface area contributed by atoms with E-state index in [1.165, 1.54) is 12.1 Å². The van der Waals surface area contributed by atoms with E-state index in [1.807, 2.05) is 18.2 Å². The fourth-order valence-corrected chi connectivity index (χ4v) is 3.65. The number of carboxylic acid groups (broad SMARTS) is 1. The van der Waals surface area contributed by atoms with E-state index in [0.29, 0.717) is 41.0 Å². The van der Waals surface area contributed by atoms with Crippen LogP contribution < -0.4 is 5.32 Å². The van der Waals surface area contributed by atoms with Gasteiger partial charge in [0, 0.05) is 18.0 Å². The predicted octanol–water partition coefficient (Wildman–Crippen LogP) is 3.82. The highest BCUT2D eigenvalue weighted by atomic mass is 19.1. The Balaban J connectivity index is 1.46. The first-order valence-corrected chi connectivity index (χ1v) is 11.2. The molecule has 0 saturated carbocycles. The van der Waals surface area contributed by atoms with E-state index in [2.05, 4.69) is 30.2 Å². The average molecular weight is 490 g/mol. The molecule has 1 aromatic carbocycles. The van der Waals surface area contributed by atoms with Gasteiger partial charge in [-0.05, 0) is 49.4 Å². The second-order valence-corrected chi connectivity index (χ2v) is 8.61. The molecule has 0 radical (unpaired) electrons. The van der Waals surface area contributed by atoms with Gasteiger partial charge in [0.1, 0.15) is 11.2 Å². The van der Waals surface area contributed by atoms with Crippen molar-refractivity contribution in [1.29, 1.82) is 0 Å². The third kappa shape index (κ3) is 4.92. The first-order valence-electron chi connectivity index (χ1n) is 11.2. The molecule has 1 fully saturated rings. The van der Waals surface area contributed by atoms with Crippen molar-refractivity contribution < 1.29 is 23.8 Å². The zero-order chi connectivity index (χ0) is 25.1. The van der Waals surface area contributed by atoms with Gasteiger partial charge >= 0.3 is 5.97 Å². The quantitative estimate of drug-likeness (QED) is 0.353. The highest BCUT2D eigenvalue weighted by Crippen LogP contribution is 2.35. The number of nitrogens with zero attached hydrogens (tertiary/aromatic N) is 4. The van der Waals surface area contributed by atoms with Crippen LogP contribution in [0, 0.1) is 11.2 Å². The lowest BCUT2D eigenvalue weighted by Crippen LogP contribution is -2.42. The van der Waals surface area contributed by atoms with Crippen molar-refractivity contribution in [3.05, 3.63) is 78.3 Å². The van der Waals surface area contributed by atoms with Crippen LogP contribution in [0.4, 0.5) is 10.3 Å². The summed E-state index contributed by atoms with van der Waals surface area (Å²) in [6, 6.07) is 13.3. The zero-order valence-electron chi connectivity index (χ0n) is 19.3. The largest absolute Gasteiger partial charge is 0.481 e. The molecule has 0 unspecified atom stereocenters. The van der Waals surface area contributed by atoms with Crippen LogP contribution in [0.3, 0.4) is 0 Å². The van der Waals surface area contributed by atoms with Gasteiger partial charge in [-0.25, -0.2) is 19.3 Å². The van der Waals surface area contributed by atoms with Gasteiger partial charge in [0.05, 0.1) is 42.5 Å². The van der Waals surface area contributed by atoms with Crippen LogP contribution in [0.15, 0.2) is 60.9 Å². The smallest absolute Gasteiger partial charge is 0.314 e. The summed E-state index contributed by atoms with van der Waals surface area (Å²) in [5, 5.41) is 12.6. The van der Waals surface area contributed by atoms with Crippen molar-refractivity contribution in [3.63, 3.8) is 0 Å². The van der Waals surface area contributed by atoms with Crippen molar-refractivity contribution in [2.45, 2.75) is 19.8 Å².